The van der Waals surface area contributed by atoms with Gasteiger partial charge < -0.3 is 33.0 Å². The number of aromatic nitrogens is 4. The summed E-state index contributed by atoms with van der Waals surface area (Å²) in [5.41, 5.74) is 3.90. The number of carbonyl (C=O) groups is 4. The molecule has 0 radical (unpaired) electrons. The van der Waals surface area contributed by atoms with Crippen molar-refractivity contribution in [2.75, 3.05) is 21.3 Å². The second-order valence-corrected chi connectivity index (χ2v) is 11.9. The number of aromatic carboxylic acids is 1. The Kier molecular flexibility index (Phi) is 26.2. The third-order valence-electron chi connectivity index (χ3n) is 8.00. The molecule has 336 valence electrons. The summed E-state index contributed by atoms with van der Waals surface area (Å²) in [7, 11) is 4.33. The van der Waals surface area contributed by atoms with Crippen molar-refractivity contribution in [2.24, 2.45) is 0 Å². The van der Waals surface area contributed by atoms with Crippen molar-refractivity contribution < 1.29 is 86.6 Å². The number of halogens is 1. The van der Waals surface area contributed by atoms with E-state index < -0.39 is 17.2 Å². The van der Waals surface area contributed by atoms with Gasteiger partial charge in [-0.3, -0.25) is 14.4 Å². The Morgan fingerprint density at radius 2 is 0.846 bits per heavy atom. The van der Waals surface area contributed by atoms with E-state index in [-0.39, 0.29) is 68.8 Å². The summed E-state index contributed by atoms with van der Waals surface area (Å²) >= 11 is 5.42. The minimum atomic E-state index is -0.987. The zero-order chi connectivity index (χ0) is 42.9. The average Bonchev–Trinajstić information content (AvgIpc) is 4.15. The van der Waals surface area contributed by atoms with Crippen LogP contribution in [0, 0.1) is 0 Å². The molecular formula is C46H47ClN5NaO12. The molecule has 65 heavy (non-hydrogen) atoms. The maximum Gasteiger partial charge on any atom is 1.00 e. The number of rotatable bonds is 9. The largest absolute Gasteiger partial charge is 1.00 e. The SMILES string of the molecule is C.C.C.COC(=O)c1ccccc1-c1ncco1.CON(C)C(=O)c1ccccc1-c1ncco1.O=C(Cl)c1ccccc1-c1ncco1.O=C(O)c1ccccc1-c1ncco1.[Na+].[OH-]. The first-order chi connectivity index (χ1) is 29.1. The summed E-state index contributed by atoms with van der Waals surface area (Å²) in [6, 6.07) is 27.6. The number of hydroxylamine groups is 2. The predicted octanol–water partition coefficient (Wildman–Crippen LogP) is 7.60. The van der Waals surface area contributed by atoms with Crippen LogP contribution in [0.3, 0.4) is 0 Å². The molecule has 0 aliphatic rings. The minimum Gasteiger partial charge on any atom is -0.870 e. The number of nitrogens with zero attached hydrogens (tertiary/aromatic N) is 5. The van der Waals surface area contributed by atoms with Gasteiger partial charge in [-0.1, -0.05) is 70.8 Å². The van der Waals surface area contributed by atoms with Crippen LogP contribution in [0.1, 0.15) is 63.7 Å². The van der Waals surface area contributed by atoms with Crippen LogP contribution in [-0.2, 0) is 9.57 Å². The summed E-state index contributed by atoms with van der Waals surface area (Å²) in [5, 5.41) is 9.53. The third-order valence-corrected chi connectivity index (χ3v) is 8.20. The van der Waals surface area contributed by atoms with E-state index in [9.17, 15) is 19.2 Å². The van der Waals surface area contributed by atoms with Crippen molar-refractivity contribution in [1.82, 2.24) is 25.0 Å². The molecular weight excluding hydrogens is 873 g/mol. The van der Waals surface area contributed by atoms with Crippen LogP contribution in [-0.4, -0.2) is 79.9 Å². The monoisotopic (exact) mass is 919 g/mol. The van der Waals surface area contributed by atoms with E-state index in [1.54, 1.807) is 85.9 Å². The molecule has 1 amide bonds. The topological polar surface area (TPSA) is 244 Å². The Bertz CT molecular complexity index is 2520. The molecule has 0 unspecified atom stereocenters. The molecule has 0 aliphatic heterocycles. The number of hydrogen-bond donors (Lipinski definition) is 1. The van der Waals surface area contributed by atoms with Gasteiger partial charge in [-0.25, -0.2) is 34.6 Å². The maximum absolute atomic E-state index is 12.0. The number of carbonyl (C=O) groups excluding carboxylic acids is 3. The van der Waals surface area contributed by atoms with Gasteiger partial charge in [-0.2, -0.15) is 0 Å². The first-order valence-electron chi connectivity index (χ1n) is 17.4. The molecule has 19 heteroatoms. The second-order valence-electron chi connectivity index (χ2n) is 11.6. The number of esters is 1. The Balaban J connectivity index is 0.000000821. The molecule has 0 spiro atoms. The zero-order valence-corrected chi connectivity index (χ0v) is 36.2. The van der Waals surface area contributed by atoms with Crippen LogP contribution in [0.25, 0.3) is 45.8 Å². The minimum absolute atomic E-state index is 0. The molecule has 0 saturated heterocycles. The van der Waals surface area contributed by atoms with Crippen LogP contribution in [0.15, 0.2) is 165 Å². The van der Waals surface area contributed by atoms with Crippen molar-refractivity contribution in [2.45, 2.75) is 22.3 Å². The fourth-order valence-electron chi connectivity index (χ4n) is 5.19. The van der Waals surface area contributed by atoms with Gasteiger partial charge in [-0.15, -0.1) is 0 Å². The van der Waals surface area contributed by atoms with Crippen molar-refractivity contribution in [3.63, 3.8) is 0 Å². The maximum atomic E-state index is 12.0. The Morgan fingerprint density at radius 3 is 1.17 bits per heavy atom. The van der Waals surface area contributed by atoms with E-state index in [1.165, 1.54) is 70.1 Å². The molecule has 0 fully saturated rings. The van der Waals surface area contributed by atoms with Gasteiger partial charge >= 0.3 is 41.5 Å². The number of carboxylic acids is 1. The first kappa shape index (κ1) is 58.0. The van der Waals surface area contributed by atoms with Crippen LogP contribution in [0.2, 0.25) is 0 Å². The van der Waals surface area contributed by atoms with Gasteiger partial charge in [0.15, 0.2) is 0 Å². The number of ether oxygens (including phenoxy) is 1. The normalized spacial score (nSPS) is 9.29. The smallest absolute Gasteiger partial charge is 0.870 e. The van der Waals surface area contributed by atoms with Crippen molar-refractivity contribution in [1.29, 1.82) is 0 Å². The van der Waals surface area contributed by atoms with Gasteiger partial charge in [0.25, 0.3) is 11.1 Å². The summed E-state index contributed by atoms with van der Waals surface area (Å²) in [5.74, 6) is -0.0871. The number of carboxylic acid groups (broad SMARTS) is 1. The zero-order valence-electron chi connectivity index (χ0n) is 33.4. The summed E-state index contributed by atoms with van der Waals surface area (Å²) in [6.07, 6.45) is 11.9. The van der Waals surface area contributed by atoms with Gasteiger partial charge in [-0.05, 0) is 60.1 Å². The third kappa shape index (κ3) is 15.6. The Hall–Kier alpha value is -6.99. The average molecular weight is 920 g/mol. The Labute approximate surface area is 402 Å². The summed E-state index contributed by atoms with van der Waals surface area (Å²) in [4.78, 5) is 66.1. The van der Waals surface area contributed by atoms with Gasteiger partial charge in [0.1, 0.15) is 25.1 Å². The van der Waals surface area contributed by atoms with Crippen molar-refractivity contribution in [3.05, 3.63) is 169 Å². The molecule has 4 aromatic heterocycles. The van der Waals surface area contributed by atoms with E-state index >= 15 is 0 Å². The van der Waals surface area contributed by atoms with Crippen molar-refractivity contribution in [3.8, 4) is 45.8 Å². The molecule has 4 aromatic carbocycles. The van der Waals surface area contributed by atoms with E-state index in [2.05, 4.69) is 24.7 Å². The van der Waals surface area contributed by atoms with Crippen LogP contribution < -0.4 is 29.6 Å². The number of benzene rings is 4. The molecule has 4 heterocycles. The predicted molar refractivity (Wildman–Crippen MR) is 237 cm³/mol. The van der Waals surface area contributed by atoms with Gasteiger partial charge in [0.05, 0.1) is 66.8 Å². The second kappa shape index (κ2) is 29.4. The standard InChI is InChI=1S/C12H12N2O3.C11H9NO3.C10H6ClNO2.C10H7NO3.3CH4.Na.H2O/c1-14(16-2)12(15)10-6-4-3-5-9(10)11-13-7-8-17-11;1-14-11(13)9-5-3-2-4-8(9)10-12-6-7-15-10;11-9(13)7-3-1-2-4-8(7)10-12-5-6-14-10;12-10(13)8-4-2-1-3-7(8)9-11-5-6-14-9;;;;;/h3-8H,1-2H3;2-7H,1H3;1-6H;1-6H,(H,12,13);3*1H4;;1H2/q;;;;;;;+1;/p-1. The van der Waals surface area contributed by atoms with Crippen LogP contribution >= 0.6 is 11.6 Å². The van der Waals surface area contributed by atoms with E-state index in [4.69, 9.17) is 39.2 Å². The van der Waals surface area contributed by atoms with E-state index in [1.807, 2.05) is 12.1 Å². The van der Waals surface area contributed by atoms with Gasteiger partial charge in [0, 0.05) is 23.7 Å². The van der Waals surface area contributed by atoms with Crippen LogP contribution in [0.4, 0.5) is 0 Å². The summed E-state index contributed by atoms with van der Waals surface area (Å²) in [6.45, 7) is 0. The number of methoxy groups -OCH3 is 1. The fraction of sp³-hybridized carbons (Fsp3) is 0.130. The molecule has 17 nitrogen and oxygen atoms in total. The van der Waals surface area contributed by atoms with Crippen LogP contribution in [0.5, 0.6) is 0 Å². The number of oxazole rings is 4. The molecule has 0 saturated carbocycles. The molecule has 8 rings (SSSR count). The first-order valence-corrected chi connectivity index (χ1v) is 17.8. The summed E-state index contributed by atoms with van der Waals surface area (Å²) < 4.78 is 25.1. The molecule has 0 aliphatic carbocycles. The molecule has 8 aromatic rings. The molecule has 2 N–H and O–H groups in total. The Morgan fingerprint density at radius 1 is 0.538 bits per heavy atom. The number of amides is 1. The van der Waals surface area contributed by atoms with Gasteiger partial charge in [0.2, 0.25) is 23.6 Å². The number of hydrogen-bond acceptors (Lipinski definition) is 15. The molecule has 0 bridgehead atoms. The van der Waals surface area contributed by atoms with E-state index in [0.717, 1.165) is 5.06 Å². The molecule has 0 atom stereocenters. The quantitative estimate of drug-likeness (QED) is 0.0634. The van der Waals surface area contributed by atoms with E-state index in [0.29, 0.717) is 62.5 Å². The van der Waals surface area contributed by atoms with Crippen molar-refractivity contribution >= 4 is 34.7 Å². The fourth-order valence-corrected chi connectivity index (χ4v) is 5.35.